The molecule has 0 bridgehead atoms. The molecular weight excluding hydrogens is 439 g/mol. The molecule has 168 valence electrons. The van der Waals surface area contributed by atoms with Crippen LogP contribution in [0.1, 0.15) is 26.7 Å². The first-order chi connectivity index (χ1) is 13.7. The summed E-state index contributed by atoms with van der Waals surface area (Å²) in [7, 11) is -4.31. The third-order valence-corrected chi connectivity index (χ3v) is 4.98. The predicted octanol–water partition coefficient (Wildman–Crippen LogP) is -0.285. The Kier molecular flexibility index (Phi) is 8.99. The zero-order chi connectivity index (χ0) is 24.0. The number of carboxylic acid groups (broad SMARTS) is 6. The van der Waals surface area contributed by atoms with E-state index in [1.54, 1.807) is 0 Å². The molecule has 6 N–H and O–H groups in total. The molecule has 0 spiro atoms. The summed E-state index contributed by atoms with van der Waals surface area (Å²) in [6, 6.07) is 0. The minimum atomic E-state index is -4.31. The third-order valence-electron chi connectivity index (χ3n) is 4.10. The molecule has 0 amide bonds. The molecule has 0 saturated carbocycles. The molecule has 16 heteroatoms. The van der Waals surface area contributed by atoms with Crippen molar-refractivity contribution in [2.24, 2.45) is 11.8 Å². The SMILES string of the molecule is CCC(C(=O)O)C(O[P+](=O)OC(C(=O)O)(C(=O)O)C(CC)C(=O)O)(C(=O)O)C(=O)O. The lowest BCUT2D eigenvalue weighted by molar-refractivity contribution is -0.190. The van der Waals surface area contributed by atoms with Crippen LogP contribution in [0.15, 0.2) is 0 Å². The van der Waals surface area contributed by atoms with Gasteiger partial charge in [0.05, 0.1) is 0 Å². The number of rotatable bonds is 14. The van der Waals surface area contributed by atoms with Crippen LogP contribution in [0, 0.1) is 11.8 Å². The van der Waals surface area contributed by atoms with Crippen LogP contribution in [0.4, 0.5) is 0 Å². The van der Waals surface area contributed by atoms with Crippen molar-refractivity contribution in [1.29, 1.82) is 0 Å². The maximum Gasteiger partial charge on any atom is 0.701 e. The fraction of sp³-hybridized carbons (Fsp3) is 0.571. The summed E-state index contributed by atoms with van der Waals surface area (Å²) in [6.07, 6.45) is -1.38. The lowest BCUT2D eigenvalue weighted by atomic mass is 9.85. The van der Waals surface area contributed by atoms with Crippen LogP contribution >= 0.6 is 8.25 Å². The molecule has 0 aromatic carbocycles. The second-order valence-electron chi connectivity index (χ2n) is 5.70. The van der Waals surface area contributed by atoms with Crippen LogP contribution in [0.3, 0.4) is 0 Å². The second kappa shape index (κ2) is 10.0. The molecule has 0 aliphatic rings. The van der Waals surface area contributed by atoms with Gasteiger partial charge in [0.2, 0.25) is 0 Å². The molecule has 0 aromatic rings. The fourth-order valence-electron chi connectivity index (χ4n) is 2.59. The predicted molar refractivity (Wildman–Crippen MR) is 88.6 cm³/mol. The van der Waals surface area contributed by atoms with E-state index >= 15 is 0 Å². The first-order valence-electron chi connectivity index (χ1n) is 7.91. The highest BCUT2D eigenvalue weighted by atomic mass is 31.1. The average molecular weight is 457 g/mol. The zero-order valence-electron chi connectivity index (χ0n) is 15.4. The highest BCUT2D eigenvalue weighted by Gasteiger charge is 2.68. The molecule has 0 aliphatic heterocycles. The largest absolute Gasteiger partial charge is 0.701 e. The molecule has 0 radical (unpaired) electrons. The Morgan fingerprint density at radius 3 is 1.03 bits per heavy atom. The summed E-state index contributed by atoms with van der Waals surface area (Å²) in [6.45, 7) is 2.10. The van der Waals surface area contributed by atoms with Crippen molar-refractivity contribution in [2.45, 2.75) is 37.9 Å². The monoisotopic (exact) mass is 457 g/mol. The van der Waals surface area contributed by atoms with Gasteiger partial charge in [0.15, 0.2) is 0 Å². The summed E-state index contributed by atoms with van der Waals surface area (Å²) in [5.74, 6) is -18.6. The van der Waals surface area contributed by atoms with Gasteiger partial charge in [0.1, 0.15) is 11.8 Å². The Bertz CT molecular complexity index is 681. The quantitative estimate of drug-likeness (QED) is 0.145. The molecule has 0 heterocycles. The topological polar surface area (TPSA) is 259 Å². The van der Waals surface area contributed by atoms with Gasteiger partial charge in [-0.2, -0.15) is 0 Å². The minimum Gasteiger partial charge on any atom is -0.481 e. The first kappa shape index (κ1) is 26.8. The van der Waals surface area contributed by atoms with Crippen molar-refractivity contribution < 1.29 is 73.0 Å². The van der Waals surface area contributed by atoms with Crippen molar-refractivity contribution in [1.82, 2.24) is 0 Å². The third kappa shape index (κ3) is 4.69. The minimum absolute atomic E-state index is 0.688. The van der Waals surface area contributed by atoms with Crippen LogP contribution in [0.25, 0.3) is 0 Å². The van der Waals surface area contributed by atoms with E-state index in [-0.39, 0.29) is 0 Å². The first-order valence-corrected chi connectivity index (χ1v) is 9.00. The van der Waals surface area contributed by atoms with Gasteiger partial charge in [0.25, 0.3) is 0 Å². The van der Waals surface area contributed by atoms with E-state index in [0.717, 1.165) is 13.8 Å². The number of carboxylic acids is 6. The van der Waals surface area contributed by atoms with Crippen molar-refractivity contribution in [3.8, 4) is 0 Å². The molecular formula is C14H18O15P+. The van der Waals surface area contributed by atoms with Gasteiger partial charge in [-0.1, -0.05) is 22.9 Å². The number of hydrogen-bond donors (Lipinski definition) is 6. The normalized spacial score (nSPS) is 14.3. The van der Waals surface area contributed by atoms with E-state index in [0.29, 0.717) is 0 Å². The van der Waals surface area contributed by atoms with Crippen molar-refractivity contribution >= 4 is 44.1 Å². The maximum atomic E-state index is 12.2. The van der Waals surface area contributed by atoms with Gasteiger partial charge in [-0.15, -0.1) is 0 Å². The van der Waals surface area contributed by atoms with Gasteiger partial charge in [-0.3, -0.25) is 9.59 Å². The zero-order valence-corrected chi connectivity index (χ0v) is 16.3. The smallest absolute Gasteiger partial charge is 0.481 e. The van der Waals surface area contributed by atoms with Gasteiger partial charge in [-0.05, 0) is 12.8 Å². The summed E-state index contributed by atoms with van der Waals surface area (Å²) in [4.78, 5) is 68.8. The van der Waals surface area contributed by atoms with Gasteiger partial charge in [-0.25, -0.2) is 19.2 Å². The van der Waals surface area contributed by atoms with Gasteiger partial charge >= 0.3 is 55.3 Å². The average Bonchev–Trinajstić information content (AvgIpc) is 2.59. The van der Waals surface area contributed by atoms with Crippen LogP contribution < -0.4 is 0 Å². The highest BCUT2D eigenvalue weighted by Crippen LogP contribution is 2.44. The maximum absolute atomic E-state index is 12.2. The summed E-state index contributed by atoms with van der Waals surface area (Å²) >= 11 is 0. The van der Waals surface area contributed by atoms with E-state index in [4.69, 9.17) is 10.2 Å². The molecule has 0 saturated heterocycles. The van der Waals surface area contributed by atoms with E-state index < -0.39 is 80.0 Å². The van der Waals surface area contributed by atoms with Crippen LogP contribution in [-0.4, -0.2) is 77.7 Å². The fourth-order valence-corrected chi connectivity index (χ4v) is 3.66. The molecule has 0 fully saturated rings. The van der Waals surface area contributed by atoms with Crippen molar-refractivity contribution in [2.75, 3.05) is 0 Å². The van der Waals surface area contributed by atoms with E-state index in [9.17, 15) is 53.8 Å². The molecule has 15 nitrogen and oxygen atoms in total. The number of hydrogen-bond acceptors (Lipinski definition) is 9. The van der Waals surface area contributed by atoms with E-state index in [2.05, 4.69) is 9.05 Å². The number of carbonyl (C=O) groups is 6. The van der Waals surface area contributed by atoms with Crippen molar-refractivity contribution in [3.05, 3.63) is 0 Å². The standard InChI is InChI=1S/C14H17O15P/c1-3-5(7(15)16)13(9(19)20,10(21)22)28-30(27)29-14(11(23)24,12(25)26)6(4-2)8(17)18/h5-6H,3-4H2,1-2H3,(H5-,15,16,17,18,19,20,21,22,23,24,25,26)/p+1. The van der Waals surface area contributed by atoms with E-state index in [1.165, 1.54) is 0 Å². The van der Waals surface area contributed by atoms with Gasteiger partial charge in [0, 0.05) is 4.57 Å². The van der Waals surface area contributed by atoms with Crippen LogP contribution in [0.2, 0.25) is 0 Å². The Labute approximate surface area is 167 Å². The van der Waals surface area contributed by atoms with Gasteiger partial charge < -0.3 is 30.6 Å². The molecule has 30 heavy (non-hydrogen) atoms. The summed E-state index contributed by atoms with van der Waals surface area (Å²) in [5.41, 5.74) is -7.55. The Morgan fingerprint density at radius 1 is 0.667 bits per heavy atom. The molecule has 0 rings (SSSR count). The van der Waals surface area contributed by atoms with Crippen LogP contribution in [0.5, 0.6) is 0 Å². The molecule has 0 aromatic heterocycles. The lowest BCUT2D eigenvalue weighted by Crippen LogP contribution is -2.58. The summed E-state index contributed by atoms with van der Waals surface area (Å²) < 4.78 is 20.8. The molecule has 0 aliphatic carbocycles. The highest BCUT2D eigenvalue weighted by molar-refractivity contribution is 7.33. The van der Waals surface area contributed by atoms with Crippen molar-refractivity contribution in [3.63, 3.8) is 0 Å². The number of aliphatic carboxylic acids is 6. The second-order valence-corrected chi connectivity index (χ2v) is 6.51. The Hall–Kier alpha value is -3.16. The van der Waals surface area contributed by atoms with Crippen LogP contribution in [-0.2, 0) is 42.4 Å². The lowest BCUT2D eigenvalue weighted by Gasteiger charge is -2.26. The Balaban J connectivity index is 6.52. The van der Waals surface area contributed by atoms with E-state index in [1.807, 2.05) is 0 Å². The summed E-state index contributed by atoms with van der Waals surface area (Å²) in [5, 5.41) is 55.3. The molecule has 2 unspecified atom stereocenters. The molecule has 2 atom stereocenters. The Morgan fingerprint density at radius 2 is 0.900 bits per heavy atom.